The molecule has 1 heterocycles. The van der Waals surface area contributed by atoms with E-state index < -0.39 is 0 Å². The predicted octanol–water partition coefficient (Wildman–Crippen LogP) is 3.65. The molecule has 3 fully saturated rings. The lowest BCUT2D eigenvalue weighted by molar-refractivity contribution is 0.207. The summed E-state index contributed by atoms with van der Waals surface area (Å²) in [6.45, 7) is 7.33. The molecule has 0 amide bonds. The van der Waals surface area contributed by atoms with E-state index in [9.17, 15) is 0 Å². The largest absolute Gasteiger partial charge is 0.282 e. The Morgan fingerprint density at radius 1 is 0.944 bits per heavy atom. The first-order valence-corrected chi connectivity index (χ1v) is 7.70. The number of hydrogen-bond acceptors (Lipinski definition) is 2. The normalized spacial score (nSPS) is 48.3. The molecule has 0 radical (unpaired) electrons. The summed E-state index contributed by atoms with van der Waals surface area (Å²) in [5.41, 5.74) is 3.50. The van der Waals surface area contributed by atoms with Gasteiger partial charge in [-0.3, -0.25) is 9.98 Å². The molecule has 2 bridgehead atoms. The Labute approximate surface area is 110 Å². The Morgan fingerprint density at radius 2 is 1.61 bits per heavy atom. The maximum atomic E-state index is 5.20. The van der Waals surface area contributed by atoms with Gasteiger partial charge >= 0.3 is 0 Å². The highest BCUT2D eigenvalue weighted by Gasteiger charge is 2.64. The summed E-state index contributed by atoms with van der Waals surface area (Å²) in [6, 6.07) is 1.04. The molecule has 98 valence electrons. The van der Waals surface area contributed by atoms with Crippen molar-refractivity contribution in [1.29, 1.82) is 0 Å². The number of hydrogen-bond donors (Lipinski definition) is 0. The molecule has 3 aliphatic carbocycles. The van der Waals surface area contributed by atoms with Crippen molar-refractivity contribution in [3.63, 3.8) is 0 Å². The topological polar surface area (TPSA) is 24.7 Å². The van der Waals surface area contributed by atoms with Gasteiger partial charge in [0.1, 0.15) is 0 Å². The molecule has 0 saturated heterocycles. The molecule has 2 nitrogen and oxygen atoms in total. The van der Waals surface area contributed by atoms with E-state index in [0.29, 0.717) is 28.8 Å². The van der Waals surface area contributed by atoms with Gasteiger partial charge in [0.2, 0.25) is 0 Å². The van der Waals surface area contributed by atoms with Gasteiger partial charge in [-0.05, 0) is 31.1 Å². The van der Waals surface area contributed by atoms with Gasteiger partial charge in [0.15, 0.2) is 0 Å². The second-order valence-electron chi connectivity index (χ2n) is 7.56. The summed E-state index contributed by atoms with van der Waals surface area (Å²) in [5, 5.41) is 0. The Bertz CT molecular complexity index is 460. The minimum atomic E-state index is 0.304. The van der Waals surface area contributed by atoms with Gasteiger partial charge in [0.05, 0.1) is 23.5 Å². The van der Waals surface area contributed by atoms with Crippen molar-refractivity contribution in [3.05, 3.63) is 0 Å². The van der Waals surface area contributed by atoms with Crippen molar-refractivity contribution >= 4 is 11.4 Å². The first kappa shape index (κ1) is 11.2. The number of aliphatic imine (C=N–C) groups is 2. The van der Waals surface area contributed by atoms with Gasteiger partial charge in [0, 0.05) is 11.3 Å². The average Bonchev–Trinajstić information content (AvgIpc) is 2.68. The quantitative estimate of drug-likeness (QED) is 0.621. The Kier molecular flexibility index (Phi) is 2.03. The summed E-state index contributed by atoms with van der Waals surface area (Å²) in [4.78, 5) is 10.4. The monoisotopic (exact) mass is 244 g/mol. The molecule has 18 heavy (non-hydrogen) atoms. The smallest absolute Gasteiger partial charge is 0.0727 e. The fourth-order valence-electron chi connectivity index (χ4n) is 4.95. The highest BCUT2D eigenvalue weighted by Crippen LogP contribution is 2.63. The summed E-state index contributed by atoms with van der Waals surface area (Å²) < 4.78 is 0. The highest BCUT2D eigenvalue weighted by atomic mass is 15.0. The first-order chi connectivity index (χ1) is 8.54. The third kappa shape index (κ3) is 1.11. The lowest BCUT2D eigenvalue weighted by Gasteiger charge is -2.37. The van der Waals surface area contributed by atoms with E-state index >= 15 is 0 Å². The van der Waals surface area contributed by atoms with Crippen molar-refractivity contribution in [2.45, 2.75) is 71.4 Å². The fourth-order valence-corrected chi connectivity index (χ4v) is 4.95. The van der Waals surface area contributed by atoms with Gasteiger partial charge in [-0.25, -0.2) is 0 Å². The molecule has 2 heteroatoms. The first-order valence-electron chi connectivity index (χ1n) is 7.70. The third-order valence-corrected chi connectivity index (χ3v) is 6.62. The zero-order valence-electron chi connectivity index (χ0n) is 11.9. The van der Waals surface area contributed by atoms with Crippen molar-refractivity contribution in [1.82, 2.24) is 0 Å². The van der Waals surface area contributed by atoms with E-state index in [1.54, 1.807) is 0 Å². The Morgan fingerprint density at radius 3 is 2.33 bits per heavy atom. The second kappa shape index (κ2) is 3.26. The van der Waals surface area contributed by atoms with E-state index in [1.807, 2.05) is 0 Å². The minimum absolute atomic E-state index is 0.304. The molecule has 4 aliphatic rings. The van der Waals surface area contributed by atoms with E-state index in [1.165, 1.54) is 49.9 Å². The molecule has 4 atom stereocenters. The van der Waals surface area contributed by atoms with Crippen molar-refractivity contribution < 1.29 is 0 Å². The molecular formula is C16H24N2. The highest BCUT2D eigenvalue weighted by molar-refractivity contribution is 6.48. The molecule has 0 N–H and O–H groups in total. The second-order valence-corrected chi connectivity index (χ2v) is 7.56. The molecule has 3 saturated carbocycles. The molecular weight excluding hydrogens is 220 g/mol. The lowest BCUT2D eigenvalue weighted by atomic mass is 9.70. The average molecular weight is 244 g/mol. The van der Waals surface area contributed by atoms with Gasteiger partial charge in [-0.1, -0.05) is 33.6 Å². The number of fused-ring (bicyclic) bond motifs is 6. The van der Waals surface area contributed by atoms with Crippen LogP contribution in [0.2, 0.25) is 0 Å². The van der Waals surface area contributed by atoms with Crippen LogP contribution in [-0.2, 0) is 0 Å². The van der Waals surface area contributed by atoms with Crippen LogP contribution in [0.1, 0.15) is 59.3 Å². The van der Waals surface area contributed by atoms with Crippen LogP contribution in [-0.4, -0.2) is 23.5 Å². The number of rotatable bonds is 0. The van der Waals surface area contributed by atoms with E-state index in [-0.39, 0.29) is 0 Å². The zero-order chi connectivity index (χ0) is 12.5. The number of nitrogens with zero attached hydrogens (tertiary/aromatic N) is 2. The van der Waals surface area contributed by atoms with Crippen LogP contribution in [0.15, 0.2) is 9.98 Å². The van der Waals surface area contributed by atoms with Crippen LogP contribution in [0.25, 0.3) is 0 Å². The van der Waals surface area contributed by atoms with Crippen LogP contribution in [0.3, 0.4) is 0 Å². The lowest BCUT2D eigenvalue weighted by Crippen LogP contribution is -2.41. The molecule has 0 unspecified atom stereocenters. The maximum absolute atomic E-state index is 5.20. The summed E-state index contributed by atoms with van der Waals surface area (Å²) in [7, 11) is 0. The third-order valence-electron chi connectivity index (χ3n) is 6.62. The summed E-state index contributed by atoms with van der Waals surface area (Å²) in [6.07, 6.45) is 7.90. The zero-order valence-corrected chi connectivity index (χ0v) is 11.9. The molecule has 0 aromatic rings. The summed E-state index contributed by atoms with van der Waals surface area (Å²) in [5.74, 6) is 0.684. The van der Waals surface area contributed by atoms with Gasteiger partial charge < -0.3 is 0 Å². The van der Waals surface area contributed by atoms with Gasteiger partial charge in [0.25, 0.3) is 0 Å². The Hall–Kier alpha value is -0.660. The SMILES string of the molecule is CC1(C)[C@@H]2CC[C@@]1(C)C1=N[C@@H]3CCCC[C@H]3N=C12. The molecule has 1 aliphatic heterocycles. The van der Waals surface area contributed by atoms with E-state index in [0.717, 1.165) is 0 Å². The van der Waals surface area contributed by atoms with Gasteiger partial charge in [-0.2, -0.15) is 0 Å². The molecule has 0 aromatic heterocycles. The van der Waals surface area contributed by atoms with Crippen molar-refractivity contribution in [3.8, 4) is 0 Å². The standard InChI is InChI=1S/C16H24N2/c1-15(2)10-8-9-16(15,3)14-13(10)17-11-6-4-5-7-12(11)18-14/h10-12H,4-9H2,1-3H3/t10-,11-,12-,16+/m1/s1. The summed E-state index contributed by atoms with van der Waals surface area (Å²) >= 11 is 0. The maximum Gasteiger partial charge on any atom is 0.0727 e. The van der Waals surface area contributed by atoms with Crippen LogP contribution < -0.4 is 0 Å². The molecule has 4 rings (SSSR count). The molecule has 0 spiro atoms. The van der Waals surface area contributed by atoms with E-state index in [4.69, 9.17) is 9.98 Å². The van der Waals surface area contributed by atoms with Crippen LogP contribution in [0.4, 0.5) is 0 Å². The van der Waals surface area contributed by atoms with Crippen LogP contribution >= 0.6 is 0 Å². The fraction of sp³-hybridized carbons (Fsp3) is 0.875. The van der Waals surface area contributed by atoms with Gasteiger partial charge in [-0.15, -0.1) is 0 Å². The molecule has 0 aromatic carbocycles. The van der Waals surface area contributed by atoms with E-state index in [2.05, 4.69) is 20.8 Å². The predicted molar refractivity (Wildman–Crippen MR) is 75.5 cm³/mol. The van der Waals surface area contributed by atoms with Crippen molar-refractivity contribution in [2.24, 2.45) is 26.7 Å². The minimum Gasteiger partial charge on any atom is -0.282 e. The van der Waals surface area contributed by atoms with Crippen LogP contribution in [0, 0.1) is 16.7 Å². The Balaban J connectivity index is 1.83. The van der Waals surface area contributed by atoms with Crippen molar-refractivity contribution in [2.75, 3.05) is 0 Å². The van der Waals surface area contributed by atoms with Crippen LogP contribution in [0.5, 0.6) is 0 Å².